The molecule has 96 valence electrons. The van der Waals surface area contributed by atoms with Gasteiger partial charge < -0.3 is 0 Å². The topological polar surface area (TPSA) is 17.1 Å². The van der Waals surface area contributed by atoms with Gasteiger partial charge in [-0.3, -0.25) is 4.21 Å². The smallest absolute Gasteiger partial charge is 0.0533 e. The predicted octanol–water partition coefficient (Wildman–Crippen LogP) is 4.58. The Balaban J connectivity index is 2.49. The van der Waals surface area contributed by atoms with Gasteiger partial charge in [-0.25, -0.2) is 0 Å². The maximum Gasteiger partial charge on any atom is 0.0533 e. The van der Waals surface area contributed by atoms with E-state index in [0.717, 1.165) is 4.90 Å². The number of rotatable bonds is 3. The van der Waals surface area contributed by atoms with Crippen LogP contribution in [0.2, 0.25) is 0 Å². The molecule has 1 aromatic heterocycles. The number of hydrogen-bond acceptors (Lipinski definition) is 2. The number of aryl methyl sites for hydroxylation is 1. The Labute approximate surface area is 115 Å². The van der Waals surface area contributed by atoms with Crippen LogP contribution in [0, 0.1) is 6.92 Å². The first-order chi connectivity index (χ1) is 8.49. The molecule has 0 bridgehead atoms. The van der Waals surface area contributed by atoms with Gasteiger partial charge in [-0.1, -0.05) is 43.7 Å². The summed E-state index contributed by atoms with van der Waals surface area (Å²) in [5.74, 6) is 0.424. The molecule has 0 amide bonds. The predicted molar refractivity (Wildman–Crippen MR) is 80.9 cm³/mol. The maximum atomic E-state index is 11.8. The van der Waals surface area contributed by atoms with Crippen LogP contribution in [-0.2, 0) is 10.8 Å². The van der Waals surface area contributed by atoms with Crippen LogP contribution in [0.15, 0.2) is 35.2 Å². The van der Waals surface area contributed by atoms with E-state index >= 15 is 0 Å². The molecule has 0 saturated carbocycles. The Hall–Kier alpha value is -0.930. The highest BCUT2D eigenvalue weighted by Crippen LogP contribution is 2.37. The second kappa shape index (κ2) is 5.37. The largest absolute Gasteiger partial charge is 0.255 e. The van der Waals surface area contributed by atoms with Gasteiger partial charge in [0.1, 0.15) is 0 Å². The summed E-state index contributed by atoms with van der Waals surface area (Å²) >= 11 is 1.76. The Kier molecular flexibility index (Phi) is 4.03. The van der Waals surface area contributed by atoms with E-state index < -0.39 is 10.8 Å². The number of benzene rings is 1. The molecule has 1 nitrogen and oxygen atoms in total. The lowest BCUT2D eigenvalue weighted by Crippen LogP contribution is -1.91. The molecule has 0 fully saturated rings. The minimum absolute atomic E-state index is 0.424. The first kappa shape index (κ1) is 13.5. The first-order valence-corrected chi connectivity index (χ1v) is 8.40. The molecular weight excluding hydrogens is 260 g/mol. The van der Waals surface area contributed by atoms with Crippen molar-refractivity contribution in [1.82, 2.24) is 0 Å². The van der Waals surface area contributed by atoms with E-state index in [-0.39, 0.29) is 0 Å². The van der Waals surface area contributed by atoms with Crippen molar-refractivity contribution in [3.05, 3.63) is 40.8 Å². The summed E-state index contributed by atoms with van der Waals surface area (Å²) in [4.78, 5) is 3.45. The van der Waals surface area contributed by atoms with Crippen LogP contribution in [0.1, 0.15) is 30.2 Å². The van der Waals surface area contributed by atoms with E-state index in [0.29, 0.717) is 5.92 Å². The number of hydrogen-bond donors (Lipinski definition) is 0. The highest BCUT2D eigenvalue weighted by Gasteiger charge is 2.15. The minimum Gasteiger partial charge on any atom is -0.255 e. The zero-order valence-corrected chi connectivity index (χ0v) is 12.8. The summed E-state index contributed by atoms with van der Waals surface area (Å²) in [6.45, 7) is 6.40. The van der Waals surface area contributed by atoms with Gasteiger partial charge in [-0.05, 0) is 24.5 Å². The number of thiophene rings is 1. The Morgan fingerprint density at radius 3 is 2.22 bits per heavy atom. The van der Waals surface area contributed by atoms with Crippen LogP contribution in [0.25, 0.3) is 10.4 Å². The third-order valence-electron chi connectivity index (χ3n) is 2.90. The van der Waals surface area contributed by atoms with Crippen molar-refractivity contribution in [2.24, 2.45) is 0 Å². The fraction of sp³-hybridized carbons (Fsp3) is 0.333. The highest BCUT2D eigenvalue weighted by atomic mass is 32.2. The molecule has 0 spiro atoms. The zero-order chi connectivity index (χ0) is 13.3. The summed E-state index contributed by atoms with van der Waals surface area (Å²) in [5, 5.41) is 0. The van der Waals surface area contributed by atoms with Crippen molar-refractivity contribution in [3.63, 3.8) is 0 Å². The van der Waals surface area contributed by atoms with Crippen LogP contribution in [0.3, 0.4) is 0 Å². The van der Waals surface area contributed by atoms with Crippen molar-refractivity contribution < 1.29 is 4.21 Å². The van der Waals surface area contributed by atoms with Crippen molar-refractivity contribution >= 4 is 22.1 Å². The fourth-order valence-corrected chi connectivity index (χ4v) is 4.29. The molecular formula is C15H18OS2. The van der Waals surface area contributed by atoms with Gasteiger partial charge >= 0.3 is 0 Å². The molecule has 0 saturated heterocycles. The maximum absolute atomic E-state index is 11.8. The lowest BCUT2D eigenvalue weighted by Gasteiger charge is -2.03. The van der Waals surface area contributed by atoms with E-state index in [1.165, 1.54) is 20.9 Å². The van der Waals surface area contributed by atoms with Gasteiger partial charge in [0.15, 0.2) is 0 Å². The minimum atomic E-state index is -0.908. The van der Waals surface area contributed by atoms with Gasteiger partial charge in [-0.15, -0.1) is 11.3 Å². The highest BCUT2D eigenvalue weighted by molar-refractivity contribution is 7.84. The lowest BCUT2D eigenvalue weighted by atomic mass is 10.1. The first-order valence-electron chi connectivity index (χ1n) is 6.03. The summed E-state index contributed by atoms with van der Waals surface area (Å²) < 4.78 is 11.8. The van der Waals surface area contributed by atoms with Gasteiger partial charge in [0.25, 0.3) is 0 Å². The molecule has 0 radical (unpaired) electrons. The Morgan fingerprint density at radius 1 is 1.17 bits per heavy atom. The lowest BCUT2D eigenvalue weighted by molar-refractivity contribution is 0.685. The summed E-state index contributed by atoms with van der Waals surface area (Å²) in [7, 11) is -0.908. The molecule has 0 aliphatic rings. The standard InChI is InChI=1S/C15H18OS2/c1-10(2)15-14(18(4)16)9-13(17-15)12-7-5-11(3)6-8-12/h5-10H,1-4H3. The third-order valence-corrected chi connectivity index (χ3v) is 5.47. The molecule has 2 rings (SSSR count). The molecule has 0 aliphatic heterocycles. The zero-order valence-electron chi connectivity index (χ0n) is 11.2. The van der Waals surface area contributed by atoms with Gasteiger partial charge in [0.05, 0.1) is 15.7 Å². The van der Waals surface area contributed by atoms with E-state index in [2.05, 4.69) is 51.1 Å². The van der Waals surface area contributed by atoms with Crippen LogP contribution in [0.4, 0.5) is 0 Å². The van der Waals surface area contributed by atoms with Crippen molar-refractivity contribution in [2.75, 3.05) is 6.26 Å². The van der Waals surface area contributed by atoms with Gasteiger partial charge in [-0.2, -0.15) is 0 Å². The molecule has 2 aromatic rings. The van der Waals surface area contributed by atoms with E-state index in [9.17, 15) is 4.21 Å². The van der Waals surface area contributed by atoms with Crippen molar-refractivity contribution in [3.8, 4) is 10.4 Å². The second-order valence-corrected chi connectivity index (χ2v) is 7.25. The molecule has 3 heteroatoms. The molecule has 0 N–H and O–H groups in total. The van der Waals surface area contributed by atoms with Crippen molar-refractivity contribution in [2.45, 2.75) is 31.6 Å². The molecule has 0 aliphatic carbocycles. The Morgan fingerprint density at radius 2 is 1.78 bits per heavy atom. The van der Waals surface area contributed by atoms with Crippen LogP contribution < -0.4 is 0 Å². The average molecular weight is 278 g/mol. The third kappa shape index (κ3) is 2.73. The molecule has 1 aromatic carbocycles. The summed E-state index contributed by atoms with van der Waals surface area (Å²) in [6, 6.07) is 10.6. The monoisotopic (exact) mass is 278 g/mol. The van der Waals surface area contributed by atoms with E-state index in [4.69, 9.17) is 0 Å². The second-order valence-electron chi connectivity index (χ2n) is 4.81. The molecule has 1 unspecified atom stereocenters. The SMILES string of the molecule is Cc1ccc(-c2cc(S(C)=O)c(C(C)C)s2)cc1. The summed E-state index contributed by atoms with van der Waals surface area (Å²) in [5.41, 5.74) is 2.47. The quantitative estimate of drug-likeness (QED) is 0.803. The van der Waals surface area contributed by atoms with Crippen molar-refractivity contribution in [1.29, 1.82) is 0 Å². The van der Waals surface area contributed by atoms with Crippen LogP contribution >= 0.6 is 11.3 Å². The van der Waals surface area contributed by atoms with Gasteiger partial charge in [0, 0.05) is 16.0 Å². The van der Waals surface area contributed by atoms with Crippen LogP contribution in [0.5, 0.6) is 0 Å². The summed E-state index contributed by atoms with van der Waals surface area (Å²) in [6.07, 6.45) is 1.76. The molecule has 1 heterocycles. The van der Waals surface area contributed by atoms with E-state index in [1.807, 2.05) is 0 Å². The van der Waals surface area contributed by atoms with Gasteiger partial charge in [0.2, 0.25) is 0 Å². The Bertz CT molecular complexity index is 565. The average Bonchev–Trinajstić information content (AvgIpc) is 2.75. The van der Waals surface area contributed by atoms with E-state index in [1.54, 1.807) is 17.6 Å². The van der Waals surface area contributed by atoms with Crippen LogP contribution in [-0.4, -0.2) is 10.5 Å². The molecule has 1 atom stereocenters. The fourth-order valence-electron chi connectivity index (χ4n) is 1.88. The normalized spacial score (nSPS) is 12.9. The molecule has 18 heavy (non-hydrogen) atoms.